The van der Waals surface area contributed by atoms with Gasteiger partial charge in [-0.1, -0.05) is 31.7 Å². The maximum Gasteiger partial charge on any atom is 0.269 e. The third-order valence-corrected chi connectivity index (χ3v) is 6.47. The lowest BCUT2D eigenvalue weighted by atomic mass is 10.2. The number of nitrogens with zero attached hydrogens (tertiary/aromatic N) is 2. The maximum atomic E-state index is 12.6. The van der Waals surface area contributed by atoms with E-state index in [1.165, 1.54) is 28.7 Å². The third kappa shape index (κ3) is 3.59. The number of thiazole rings is 1. The van der Waals surface area contributed by atoms with Crippen molar-refractivity contribution in [3.63, 3.8) is 0 Å². The van der Waals surface area contributed by atoms with E-state index in [0.717, 1.165) is 33.3 Å². The summed E-state index contributed by atoms with van der Waals surface area (Å²) < 4.78 is 9.09. The van der Waals surface area contributed by atoms with E-state index in [-0.39, 0.29) is 11.6 Å². The minimum atomic E-state index is 0.000528. The van der Waals surface area contributed by atoms with Crippen LogP contribution in [0.4, 0.5) is 5.69 Å². The van der Waals surface area contributed by atoms with Crippen LogP contribution in [0.2, 0.25) is 0 Å². The quantitative estimate of drug-likeness (QED) is 0.667. The van der Waals surface area contributed by atoms with Crippen molar-refractivity contribution in [3.05, 3.63) is 67.3 Å². The molecule has 0 aliphatic carbocycles. The van der Waals surface area contributed by atoms with Crippen molar-refractivity contribution < 1.29 is 4.42 Å². The highest BCUT2D eigenvalue weighted by Gasteiger charge is 2.16. The van der Waals surface area contributed by atoms with E-state index in [0.29, 0.717) is 10.3 Å². The zero-order valence-corrected chi connectivity index (χ0v) is 16.9. The van der Waals surface area contributed by atoms with Crippen molar-refractivity contribution in [1.82, 2.24) is 4.57 Å². The molecule has 2 aromatic heterocycles. The molecular formula is C21H20N2O2S2. The van der Waals surface area contributed by atoms with Crippen LogP contribution >= 0.6 is 23.1 Å². The topological polar surface area (TPSA) is 47.5 Å². The number of hydrogen-bond donors (Lipinski definition) is 0. The zero-order chi connectivity index (χ0) is 19.0. The first-order chi connectivity index (χ1) is 13.0. The van der Waals surface area contributed by atoms with Gasteiger partial charge in [0.25, 0.3) is 5.56 Å². The molecule has 1 aliphatic heterocycles. The normalized spacial score (nSPS) is 15.0. The van der Waals surface area contributed by atoms with Crippen LogP contribution in [-0.2, 0) is 6.42 Å². The van der Waals surface area contributed by atoms with Gasteiger partial charge in [0, 0.05) is 18.5 Å². The number of hydrogen-bond acceptors (Lipinski definition) is 5. The summed E-state index contributed by atoms with van der Waals surface area (Å²) in [7, 11) is 0. The van der Waals surface area contributed by atoms with Crippen LogP contribution in [0.5, 0.6) is 0 Å². The molecule has 4 nitrogen and oxygen atoms in total. The average molecular weight is 397 g/mol. The predicted molar refractivity (Wildman–Crippen MR) is 114 cm³/mol. The number of thioether (sulfide) groups is 1. The number of aromatic nitrogens is 1. The molecule has 4 rings (SSSR count). The fraction of sp³-hybridized carbons (Fsp3) is 0.238. The van der Waals surface area contributed by atoms with Gasteiger partial charge in [0.05, 0.1) is 19.9 Å². The highest BCUT2D eigenvalue weighted by Crippen LogP contribution is 2.33. The molecule has 0 spiro atoms. The number of aliphatic imine (C=N–C) groups is 1. The fourth-order valence-electron chi connectivity index (χ4n) is 3.05. The molecule has 0 saturated heterocycles. The van der Waals surface area contributed by atoms with Gasteiger partial charge in [0.2, 0.25) is 0 Å². The molecule has 0 saturated carbocycles. The summed E-state index contributed by atoms with van der Waals surface area (Å²) in [6.45, 7) is 8.12. The molecule has 27 heavy (non-hydrogen) atoms. The highest BCUT2D eigenvalue weighted by atomic mass is 32.2. The molecule has 3 aromatic rings. The molecule has 3 heterocycles. The van der Waals surface area contributed by atoms with E-state index in [2.05, 4.69) is 24.6 Å². The Balaban J connectivity index is 1.57. The SMILES string of the molecule is C=c1s/c(=C/c2ccc(SC3=Nc4ccccc4C3)o2)c(=O)n1C(C)CC. The summed E-state index contributed by atoms with van der Waals surface area (Å²) in [6.07, 6.45) is 3.52. The second kappa shape index (κ2) is 7.37. The summed E-state index contributed by atoms with van der Waals surface area (Å²) in [4.78, 5) is 17.3. The van der Waals surface area contributed by atoms with Crippen LogP contribution < -0.4 is 14.8 Å². The maximum absolute atomic E-state index is 12.6. The van der Waals surface area contributed by atoms with Crippen LogP contribution in [0.1, 0.15) is 37.6 Å². The summed E-state index contributed by atoms with van der Waals surface area (Å²) in [5, 5.41) is 1.80. The van der Waals surface area contributed by atoms with Crippen molar-refractivity contribution in [1.29, 1.82) is 0 Å². The molecule has 0 fully saturated rings. The second-order valence-electron chi connectivity index (χ2n) is 6.51. The Hall–Kier alpha value is -2.31. The van der Waals surface area contributed by atoms with Crippen molar-refractivity contribution >= 4 is 46.5 Å². The van der Waals surface area contributed by atoms with E-state index >= 15 is 0 Å². The molecule has 6 heteroatoms. The van der Waals surface area contributed by atoms with E-state index in [9.17, 15) is 4.79 Å². The van der Waals surface area contributed by atoms with Gasteiger partial charge < -0.3 is 4.42 Å². The molecule has 0 N–H and O–H groups in total. The molecule has 1 unspecified atom stereocenters. The van der Waals surface area contributed by atoms with Gasteiger partial charge in [0.15, 0.2) is 5.09 Å². The second-order valence-corrected chi connectivity index (χ2v) is 8.70. The number of furan rings is 1. The molecular weight excluding hydrogens is 376 g/mol. The average Bonchev–Trinajstić information content (AvgIpc) is 3.33. The van der Waals surface area contributed by atoms with Crippen LogP contribution in [0, 0.1) is 0 Å². The summed E-state index contributed by atoms with van der Waals surface area (Å²) in [5.74, 6) is 0.670. The lowest BCUT2D eigenvalue weighted by molar-refractivity contribution is 0.467. The van der Waals surface area contributed by atoms with Gasteiger partial charge in [-0.15, -0.1) is 11.3 Å². The van der Waals surface area contributed by atoms with Crippen LogP contribution in [-0.4, -0.2) is 9.61 Å². The van der Waals surface area contributed by atoms with Crippen LogP contribution in [0.15, 0.2) is 55.7 Å². The molecule has 0 bridgehead atoms. The Morgan fingerprint density at radius 2 is 2.19 bits per heavy atom. The largest absolute Gasteiger partial charge is 0.450 e. The van der Waals surface area contributed by atoms with Gasteiger partial charge in [-0.2, -0.15) is 0 Å². The van der Waals surface area contributed by atoms with E-state index in [1.807, 2.05) is 37.3 Å². The fourth-order valence-corrected chi connectivity index (χ4v) is 4.90. The van der Waals surface area contributed by atoms with Crippen molar-refractivity contribution in [2.75, 3.05) is 0 Å². The first-order valence-corrected chi connectivity index (χ1v) is 10.5. The molecule has 1 aliphatic rings. The van der Waals surface area contributed by atoms with E-state index < -0.39 is 0 Å². The Morgan fingerprint density at radius 1 is 1.37 bits per heavy atom. The summed E-state index contributed by atoms with van der Waals surface area (Å²) >= 11 is 2.94. The molecule has 1 atom stereocenters. The summed E-state index contributed by atoms with van der Waals surface area (Å²) in [6, 6.07) is 12.1. The smallest absolute Gasteiger partial charge is 0.269 e. The first-order valence-electron chi connectivity index (χ1n) is 8.90. The van der Waals surface area contributed by atoms with Gasteiger partial charge in [-0.05, 0) is 48.9 Å². The van der Waals surface area contributed by atoms with E-state index in [4.69, 9.17) is 4.42 Å². The number of rotatable bonds is 4. The molecule has 0 radical (unpaired) electrons. The van der Waals surface area contributed by atoms with Gasteiger partial charge in [-0.3, -0.25) is 9.36 Å². The minimum absolute atomic E-state index is 0.000528. The number of para-hydroxylation sites is 1. The predicted octanol–water partition coefficient (Wildman–Crippen LogP) is 4.09. The van der Waals surface area contributed by atoms with Gasteiger partial charge >= 0.3 is 0 Å². The molecule has 1 aromatic carbocycles. The van der Waals surface area contributed by atoms with E-state index in [1.54, 1.807) is 10.6 Å². The molecule has 0 amide bonds. The lowest BCUT2D eigenvalue weighted by Gasteiger charge is -2.08. The Bertz CT molecular complexity index is 1180. The summed E-state index contributed by atoms with van der Waals surface area (Å²) in [5.41, 5.74) is 2.27. The van der Waals surface area contributed by atoms with Gasteiger partial charge in [-0.25, -0.2) is 4.99 Å². The molecule has 138 valence electrons. The number of fused-ring (bicyclic) bond motifs is 1. The lowest BCUT2D eigenvalue weighted by Crippen LogP contribution is -2.33. The Morgan fingerprint density at radius 3 is 2.96 bits per heavy atom. The van der Waals surface area contributed by atoms with Gasteiger partial charge in [0.1, 0.15) is 5.76 Å². The van der Waals surface area contributed by atoms with Crippen molar-refractivity contribution in [2.45, 2.75) is 37.8 Å². The highest BCUT2D eigenvalue weighted by molar-refractivity contribution is 8.13. The standard InChI is InChI=1S/C21H20N2O2S2/c1-4-13(2)23-14(3)26-18(21(23)24)12-16-9-10-20(25-16)27-19-11-15-7-5-6-8-17(15)22-19/h5-10,12-13H,3-4,11H2,1-2H3/b18-12+. The van der Waals surface area contributed by atoms with Crippen LogP contribution in [0.25, 0.3) is 12.7 Å². The number of benzene rings is 1. The Labute approximate surface area is 165 Å². The first kappa shape index (κ1) is 18.1. The van der Waals surface area contributed by atoms with Crippen LogP contribution in [0.3, 0.4) is 0 Å². The Kier molecular flexibility index (Phi) is 4.93. The third-order valence-electron chi connectivity index (χ3n) is 4.63. The monoisotopic (exact) mass is 396 g/mol. The van der Waals surface area contributed by atoms with Crippen molar-refractivity contribution in [2.24, 2.45) is 4.99 Å². The zero-order valence-electron chi connectivity index (χ0n) is 15.3. The van der Waals surface area contributed by atoms with Crippen molar-refractivity contribution in [3.8, 4) is 0 Å². The minimum Gasteiger partial charge on any atom is -0.450 e.